The molecule has 2 aromatic carbocycles. The largest absolute Gasteiger partial charge is 0.286 e. The van der Waals surface area contributed by atoms with E-state index in [0.29, 0.717) is 10.1 Å². The number of halogens is 3. The van der Waals surface area contributed by atoms with E-state index >= 15 is 0 Å². The second-order valence-corrected chi connectivity index (χ2v) is 6.76. The van der Waals surface area contributed by atoms with Crippen molar-refractivity contribution >= 4 is 38.3 Å². The van der Waals surface area contributed by atoms with Gasteiger partial charge in [0.15, 0.2) is 11.6 Å². The fourth-order valence-electron chi connectivity index (χ4n) is 1.97. The average Bonchev–Trinajstić information content (AvgIpc) is 3.06. The highest BCUT2D eigenvalue weighted by Gasteiger charge is 2.19. The van der Waals surface area contributed by atoms with Crippen molar-refractivity contribution < 1.29 is 13.6 Å². The maximum Gasteiger partial charge on any atom is 0.259 e. The molecule has 122 valence electrons. The van der Waals surface area contributed by atoms with Crippen LogP contribution in [0.5, 0.6) is 0 Å². The van der Waals surface area contributed by atoms with Gasteiger partial charge in [0, 0.05) is 22.6 Å². The smallest absolute Gasteiger partial charge is 0.259 e. The van der Waals surface area contributed by atoms with E-state index in [1.807, 2.05) is 24.3 Å². The Morgan fingerprint density at radius 2 is 1.79 bits per heavy atom. The van der Waals surface area contributed by atoms with Gasteiger partial charge in [0.25, 0.3) is 5.91 Å². The first-order chi connectivity index (χ1) is 11.5. The van der Waals surface area contributed by atoms with Crippen LogP contribution in [0.3, 0.4) is 0 Å². The van der Waals surface area contributed by atoms with E-state index in [-0.39, 0.29) is 5.56 Å². The summed E-state index contributed by atoms with van der Waals surface area (Å²) in [6.45, 7) is 0. The Labute approximate surface area is 148 Å². The van der Waals surface area contributed by atoms with Crippen molar-refractivity contribution in [1.82, 2.24) is 10.2 Å². The Morgan fingerprint density at radius 3 is 2.46 bits per heavy atom. The molecule has 1 heterocycles. The molecule has 4 nitrogen and oxygen atoms in total. The number of benzene rings is 2. The highest BCUT2D eigenvalue weighted by molar-refractivity contribution is 9.10. The summed E-state index contributed by atoms with van der Waals surface area (Å²) >= 11 is 4.59. The van der Waals surface area contributed by atoms with Gasteiger partial charge in [-0.2, -0.15) is 0 Å². The molecule has 3 rings (SSSR count). The van der Waals surface area contributed by atoms with Gasteiger partial charge in [-0.1, -0.05) is 39.4 Å². The van der Waals surface area contributed by atoms with Gasteiger partial charge in [0.1, 0.15) is 5.01 Å². The van der Waals surface area contributed by atoms with Gasteiger partial charge >= 0.3 is 0 Å². The van der Waals surface area contributed by atoms with Crippen LogP contribution in [-0.2, 0) is 0 Å². The molecule has 24 heavy (non-hydrogen) atoms. The van der Waals surface area contributed by atoms with Gasteiger partial charge in [0.2, 0.25) is 5.13 Å². The predicted molar refractivity (Wildman–Crippen MR) is 92.1 cm³/mol. The van der Waals surface area contributed by atoms with Crippen molar-refractivity contribution in [3.05, 3.63) is 64.1 Å². The first-order valence-electron chi connectivity index (χ1n) is 6.78. The fourth-order valence-corrected chi connectivity index (χ4v) is 3.04. The first-order valence-corrected chi connectivity index (χ1v) is 8.39. The van der Waals surface area contributed by atoms with Crippen molar-refractivity contribution in [2.75, 3.05) is 11.9 Å². The number of rotatable bonds is 3. The van der Waals surface area contributed by atoms with Gasteiger partial charge in [-0.15, -0.1) is 10.2 Å². The van der Waals surface area contributed by atoms with E-state index in [1.165, 1.54) is 29.4 Å². The van der Waals surface area contributed by atoms with E-state index in [0.717, 1.165) is 22.2 Å². The Bertz CT molecular complexity index is 899. The monoisotopic (exact) mass is 409 g/mol. The van der Waals surface area contributed by atoms with Crippen molar-refractivity contribution in [2.24, 2.45) is 0 Å². The maximum atomic E-state index is 13.3. The van der Waals surface area contributed by atoms with Gasteiger partial charge in [-0.05, 0) is 30.3 Å². The lowest BCUT2D eigenvalue weighted by Crippen LogP contribution is -2.26. The molecule has 0 N–H and O–H groups in total. The molecule has 0 saturated carbocycles. The number of hydrogen-bond acceptors (Lipinski definition) is 4. The van der Waals surface area contributed by atoms with Crippen LogP contribution in [-0.4, -0.2) is 23.2 Å². The summed E-state index contributed by atoms with van der Waals surface area (Å²) in [5.41, 5.74) is 0.910. The molecule has 1 aromatic heterocycles. The van der Waals surface area contributed by atoms with Gasteiger partial charge in [0.05, 0.1) is 0 Å². The van der Waals surface area contributed by atoms with Gasteiger partial charge in [-0.25, -0.2) is 8.78 Å². The third-order valence-corrected chi connectivity index (χ3v) is 4.84. The molecule has 1 amide bonds. The fraction of sp³-hybridized carbons (Fsp3) is 0.0625. The summed E-state index contributed by atoms with van der Waals surface area (Å²) < 4.78 is 27.2. The Kier molecular flexibility index (Phi) is 4.68. The van der Waals surface area contributed by atoms with Crippen LogP contribution in [0.1, 0.15) is 10.4 Å². The minimum Gasteiger partial charge on any atom is -0.286 e. The van der Waals surface area contributed by atoms with Gasteiger partial charge in [-0.3, -0.25) is 9.69 Å². The molecule has 0 atom stereocenters. The molecule has 3 aromatic rings. The highest BCUT2D eigenvalue weighted by Crippen LogP contribution is 2.29. The molecule has 0 saturated heterocycles. The van der Waals surface area contributed by atoms with Crippen LogP contribution in [0, 0.1) is 11.6 Å². The van der Waals surface area contributed by atoms with Crippen LogP contribution < -0.4 is 4.90 Å². The SMILES string of the molecule is CN(C(=O)c1ccc(F)c(F)c1)c1nnc(-c2ccc(Br)cc2)s1. The molecule has 0 bridgehead atoms. The van der Waals surface area contributed by atoms with Crippen LogP contribution in [0.2, 0.25) is 0 Å². The predicted octanol–water partition coefficient (Wildman–Crippen LogP) is 4.52. The number of amides is 1. The normalized spacial score (nSPS) is 10.7. The minimum absolute atomic E-state index is 0.0387. The summed E-state index contributed by atoms with van der Waals surface area (Å²) in [5, 5.41) is 9.08. The highest BCUT2D eigenvalue weighted by atomic mass is 79.9. The number of anilines is 1. The molecular weight excluding hydrogens is 400 g/mol. The standard InChI is InChI=1S/C16H10BrF2N3OS/c1-22(15(23)10-4-7-12(18)13(19)8-10)16-21-20-14(24-16)9-2-5-11(17)6-3-9/h2-8H,1H3. The van der Waals surface area contributed by atoms with Crippen molar-refractivity contribution in [2.45, 2.75) is 0 Å². The summed E-state index contributed by atoms with van der Waals surface area (Å²) in [4.78, 5) is 13.6. The van der Waals surface area contributed by atoms with Crippen LogP contribution in [0.4, 0.5) is 13.9 Å². The average molecular weight is 410 g/mol. The number of hydrogen-bond donors (Lipinski definition) is 0. The minimum atomic E-state index is -1.07. The molecule has 0 aliphatic rings. The van der Waals surface area contributed by atoms with Crippen molar-refractivity contribution in [3.63, 3.8) is 0 Å². The summed E-state index contributed by atoms with van der Waals surface area (Å²) in [7, 11) is 1.51. The summed E-state index contributed by atoms with van der Waals surface area (Å²) in [6, 6.07) is 10.5. The molecule has 0 spiro atoms. The Hall–Kier alpha value is -2.19. The zero-order chi connectivity index (χ0) is 17.3. The number of carbonyl (C=O) groups excluding carboxylic acids is 1. The van der Waals surface area contributed by atoms with Crippen LogP contribution >= 0.6 is 27.3 Å². The van der Waals surface area contributed by atoms with E-state index < -0.39 is 17.5 Å². The molecular formula is C16H10BrF2N3OS. The number of carbonyl (C=O) groups is 1. The molecule has 0 radical (unpaired) electrons. The molecule has 8 heteroatoms. The van der Waals surface area contributed by atoms with E-state index in [4.69, 9.17) is 0 Å². The zero-order valence-corrected chi connectivity index (χ0v) is 14.7. The Morgan fingerprint density at radius 1 is 1.08 bits per heavy atom. The second-order valence-electron chi connectivity index (χ2n) is 4.89. The summed E-state index contributed by atoms with van der Waals surface area (Å²) in [6.07, 6.45) is 0. The van der Waals surface area contributed by atoms with Crippen LogP contribution in [0.15, 0.2) is 46.9 Å². The van der Waals surface area contributed by atoms with Gasteiger partial charge < -0.3 is 0 Å². The lowest BCUT2D eigenvalue weighted by molar-refractivity contribution is 0.0992. The Balaban J connectivity index is 1.84. The third-order valence-electron chi connectivity index (χ3n) is 3.26. The number of aromatic nitrogens is 2. The molecule has 0 aliphatic heterocycles. The van der Waals surface area contributed by atoms with Crippen LogP contribution in [0.25, 0.3) is 10.6 Å². The van der Waals surface area contributed by atoms with Crippen molar-refractivity contribution in [3.8, 4) is 10.6 Å². The lowest BCUT2D eigenvalue weighted by Gasteiger charge is -2.13. The van der Waals surface area contributed by atoms with Crippen molar-refractivity contribution in [1.29, 1.82) is 0 Å². The van der Waals surface area contributed by atoms with E-state index in [9.17, 15) is 13.6 Å². The quantitative estimate of drug-likeness (QED) is 0.638. The lowest BCUT2D eigenvalue weighted by atomic mass is 10.2. The molecule has 0 fully saturated rings. The number of nitrogens with zero attached hydrogens (tertiary/aromatic N) is 3. The van der Waals surface area contributed by atoms with E-state index in [1.54, 1.807) is 0 Å². The second kappa shape index (κ2) is 6.74. The maximum absolute atomic E-state index is 13.3. The first kappa shape index (κ1) is 16.7. The molecule has 0 aliphatic carbocycles. The zero-order valence-electron chi connectivity index (χ0n) is 12.3. The third kappa shape index (κ3) is 3.34. The summed E-state index contributed by atoms with van der Waals surface area (Å²) in [5.74, 6) is -2.56. The van der Waals surface area contributed by atoms with E-state index in [2.05, 4.69) is 26.1 Å². The molecule has 0 unspecified atom stereocenters. The topological polar surface area (TPSA) is 46.1 Å².